The number of hydrogen-bond donors (Lipinski definition) is 1. The van der Waals surface area contributed by atoms with Crippen molar-refractivity contribution in [3.63, 3.8) is 0 Å². The largest absolute Gasteiger partial charge is 0.332 e. The first kappa shape index (κ1) is 9.73. The van der Waals surface area contributed by atoms with Gasteiger partial charge in [-0.2, -0.15) is 0 Å². The predicted octanol–water partition coefficient (Wildman–Crippen LogP) is 1.18. The van der Waals surface area contributed by atoms with Crippen LogP contribution in [0, 0.1) is 0 Å². The maximum Gasteiger partial charge on any atom is 0.332 e. The van der Waals surface area contributed by atoms with E-state index >= 15 is 0 Å². The van der Waals surface area contributed by atoms with Crippen LogP contribution in [0.1, 0.15) is 0 Å². The quantitative estimate of drug-likeness (QED) is 0.788. The summed E-state index contributed by atoms with van der Waals surface area (Å²) in [7, 11) is 0. The van der Waals surface area contributed by atoms with E-state index in [2.05, 4.69) is 4.98 Å². The molecule has 0 amide bonds. The summed E-state index contributed by atoms with van der Waals surface area (Å²) in [5.41, 5.74) is -0.226. The molecule has 1 aromatic carbocycles. The molecule has 1 aromatic heterocycles. The number of nitrogens with one attached hydrogen (secondary N) is 1. The summed E-state index contributed by atoms with van der Waals surface area (Å²) < 4.78 is 1.33. The Labute approximate surface area is 89.8 Å². The van der Waals surface area contributed by atoms with Gasteiger partial charge in [0.05, 0.1) is 5.69 Å². The van der Waals surface area contributed by atoms with Crippen molar-refractivity contribution in [2.24, 2.45) is 0 Å². The molecule has 4 nitrogen and oxygen atoms in total. The minimum Gasteiger partial charge on any atom is -0.274 e. The van der Waals surface area contributed by atoms with Crippen LogP contribution < -0.4 is 11.2 Å². The standard InChI is InChI=1S/C10H7ClN2O2/c11-7-1-3-8(4-2-7)13-6-5-9(14)12-10(13)15/h1-6H,(H,12,14,15). The highest BCUT2D eigenvalue weighted by Crippen LogP contribution is 2.11. The first-order chi connectivity index (χ1) is 7.16. The van der Waals surface area contributed by atoms with Crippen molar-refractivity contribution in [2.45, 2.75) is 0 Å². The summed E-state index contributed by atoms with van der Waals surface area (Å²) >= 11 is 5.72. The molecule has 2 aromatic rings. The number of benzene rings is 1. The summed E-state index contributed by atoms with van der Waals surface area (Å²) in [6.07, 6.45) is 1.42. The SMILES string of the molecule is O=c1ccn(-c2ccc(Cl)cc2)c(=O)[nH]1. The topological polar surface area (TPSA) is 54.9 Å². The smallest absolute Gasteiger partial charge is 0.274 e. The van der Waals surface area contributed by atoms with Crippen LogP contribution in [0.5, 0.6) is 0 Å². The highest BCUT2D eigenvalue weighted by Gasteiger charge is 1.98. The normalized spacial score (nSPS) is 10.2. The zero-order valence-corrected chi connectivity index (χ0v) is 8.36. The lowest BCUT2D eigenvalue weighted by atomic mass is 10.3. The van der Waals surface area contributed by atoms with Crippen LogP contribution in [0.2, 0.25) is 5.02 Å². The van der Waals surface area contributed by atoms with E-state index in [0.29, 0.717) is 10.7 Å². The summed E-state index contributed by atoms with van der Waals surface area (Å²) in [6, 6.07) is 8.03. The Bertz CT molecular complexity index is 583. The van der Waals surface area contributed by atoms with Crippen LogP contribution in [-0.4, -0.2) is 9.55 Å². The molecule has 0 bridgehead atoms. The predicted molar refractivity (Wildman–Crippen MR) is 57.7 cm³/mol. The molecule has 5 heteroatoms. The molecule has 0 atom stereocenters. The van der Waals surface area contributed by atoms with E-state index in [-0.39, 0.29) is 0 Å². The van der Waals surface area contributed by atoms with Gasteiger partial charge in [0.25, 0.3) is 5.56 Å². The second kappa shape index (κ2) is 3.74. The van der Waals surface area contributed by atoms with Crippen LogP contribution in [0.15, 0.2) is 46.1 Å². The first-order valence-corrected chi connectivity index (χ1v) is 4.62. The molecule has 0 aliphatic carbocycles. The summed E-state index contributed by atoms with van der Waals surface area (Å²) in [4.78, 5) is 24.4. The number of H-pyrrole nitrogens is 1. The highest BCUT2D eigenvalue weighted by atomic mass is 35.5. The van der Waals surface area contributed by atoms with Gasteiger partial charge in [-0.15, -0.1) is 0 Å². The van der Waals surface area contributed by atoms with Crippen LogP contribution in [0.3, 0.4) is 0 Å². The van der Waals surface area contributed by atoms with Crippen LogP contribution in [0.25, 0.3) is 5.69 Å². The molecular weight excluding hydrogens is 216 g/mol. The zero-order valence-electron chi connectivity index (χ0n) is 7.61. The zero-order chi connectivity index (χ0) is 10.8. The molecule has 0 aliphatic rings. The fraction of sp³-hybridized carbons (Fsp3) is 0. The van der Waals surface area contributed by atoms with Gasteiger partial charge in [-0.05, 0) is 24.3 Å². The number of aromatic nitrogens is 2. The van der Waals surface area contributed by atoms with Crippen molar-refractivity contribution in [1.82, 2.24) is 9.55 Å². The Morgan fingerprint density at radius 3 is 2.33 bits per heavy atom. The molecule has 0 aliphatic heterocycles. The molecule has 76 valence electrons. The van der Waals surface area contributed by atoms with E-state index in [0.717, 1.165) is 0 Å². The molecule has 0 fully saturated rings. The van der Waals surface area contributed by atoms with Crippen LogP contribution in [0.4, 0.5) is 0 Å². The van der Waals surface area contributed by atoms with Crippen molar-refractivity contribution >= 4 is 11.6 Å². The van der Waals surface area contributed by atoms with E-state index in [4.69, 9.17) is 11.6 Å². The summed E-state index contributed by atoms with van der Waals surface area (Å²) in [5, 5.41) is 0.594. The van der Waals surface area contributed by atoms with E-state index in [1.165, 1.54) is 16.8 Å². The van der Waals surface area contributed by atoms with Crippen molar-refractivity contribution in [2.75, 3.05) is 0 Å². The van der Waals surface area contributed by atoms with Gasteiger partial charge in [-0.25, -0.2) is 4.79 Å². The van der Waals surface area contributed by atoms with Crippen LogP contribution in [-0.2, 0) is 0 Å². The lowest BCUT2D eigenvalue weighted by molar-refractivity contribution is 0.896. The lowest BCUT2D eigenvalue weighted by Gasteiger charge is -2.03. The number of nitrogens with zero attached hydrogens (tertiary/aromatic N) is 1. The maximum absolute atomic E-state index is 11.4. The molecule has 0 spiro atoms. The van der Waals surface area contributed by atoms with Crippen molar-refractivity contribution in [3.8, 4) is 5.69 Å². The Kier molecular flexibility index (Phi) is 2.43. The fourth-order valence-corrected chi connectivity index (χ4v) is 1.35. The van der Waals surface area contributed by atoms with Crippen molar-refractivity contribution in [3.05, 3.63) is 62.4 Å². The molecule has 0 radical (unpaired) electrons. The third kappa shape index (κ3) is 1.99. The monoisotopic (exact) mass is 222 g/mol. The minimum absolute atomic E-state index is 0.412. The second-order valence-electron chi connectivity index (χ2n) is 2.96. The second-order valence-corrected chi connectivity index (χ2v) is 3.39. The lowest BCUT2D eigenvalue weighted by Crippen LogP contribution is -2.27. The molecule has 0 saturated carbocycles. The Morgan fingerprint density at radius 2 is 1.73 bits per heavy atom. The van der Waals surface area contributed by atoms with Gasteiger partial charge in [-0.1, -0.05) is 11.6 Å². The number of aromatic amines is 1. The Balaban J connectivity index is 2.59. The number of rotatable bonds is 1. The third-order valence-corrected chi connectivity index (χ3v) is 2.18. The first-order valence-electron chi connectivity index (χ1n) is 4.25. The minimum atomic E-state index is -0.468. The molecule has 2 rings (SSSR count). The van der Waals surface area contributed by atoms with Gasteiger partial charge in [0.2, 0.25) is 0 Å². The number of hydrogen-bond acceptors (Lipinski definition) is 2. The third-order valence-electron chi connectivity index (χ3n) is 1.93. The molecule has 1 N–H and O–H groups in total. The summed E-state index contributed by atoms with van der Waals surface area (Å²) in [5.74, 6) is 0. The number of halogens is 1. The molecule has 0 unspecified atom stereocenters. The van der Waals surface area contributed by atoms with E-state index in [1.807, 2.05) is 0 Å². The van der Waals surface area contributed by atoms with Gasteiger partial charge in [0.1, 0.15) is 0 Å². The van der Waals surface area contributed by atoms with Gasteiger partial charge in [-0.3, -0.25) is 14.3 Å². The molecule has 15 heavy (non-hydrogen) atoms. The van der Waals surface area contributed by atoms with Crippen molar-refractivity contribution in [1.29, 1.82) is 0 Å². The highest BCUT2D eigenvalue weighted by molar-refractivity contribution is 6.30. The van der Waals surface area contributed by atoms with Gasteiger partial charge >= 0.3 is 5.69 Å². The van der Waals surface area contributed by atoms with E-state index in [9.17, 15) is 9.59 Å². The molecule has 0 saturated heterocycles. The van der Waals surface area contributed by atoms with E-state index < -0.39 is 11.2 Å². The van der Waals surface area contributed by atoms with Crippen molar-refractivity contribution < 1.29 is 0 Å². The molecular formula is C10H7ClN2O2. The Hall–Kier alpha value is -1.81. The van der Waals surface area contributed by atoms with Gasteiger partial charge in [0.15, 0.2) is 0 Å². The Morgan fingerprint density at radius 1 is 1.07 bits per heavy atom. The maximum atomic E-state index is 11.4. The molecule has 1 heterocycles. The average molecular weight is 223 g/mol. The average Bonchev–Trinajstić information content (AvgIpc) is 2.20. The van der Waals surface area contributed by atoms with Gasteiger partial charge < -0.3 is 0 Å². The van der Waals surface area contributed by atoms with Crippen LogP contribution >= 0.6 is 11.6 Å². The van der Waals surface area contributed by atoms with Gasteiger partial charge in [0, 0.05) is 17.3 Å². The fourth-order valence-electron chi connectivity index (χ4n) is 1.22. The summed E-state index contributed by atoms with van der Waals surface area (Å²) in [6.45, 7) is 0. The van der Waals surface area contributed by atoms with E-state index in [1.54, 1.807) is 24.3 Å².